The minimum Gasteiger partial charge on any atom is -0.497 e. The fourth-order valence-corrected chi connectivity index (χ4v) is 2.62. The number of rotatable bonds is 3. The van der Waals surface area contributed by atoms with Crippen LogP contribution in [0.5, 0.6) is 11.5 Å². The fraction of sp³-hybridized carbons (Fsp3) is 0.0667. The lowest BCUT2D eigenvalue weighted by Crippen LogP contribution is -2.07. The van der Waals surface area contributed by atoms with Crippen molar-refractivity contribution < 1.29 is 14.3 Å². The Hall–Kier alpha value is -2.40. The van der Waals surface area contributed by atoms with Gasteiger partial charge in [-0.3, -0.25) is 0 Å². The van der Waals surface area contributed by atoms with E-state index in [4.69, 9.17) is 9.47 Å². The third-order valence-corrected chi connectivity index (χ3v) is 3.74. The van der Waals surface area contributed by atoms with Crippen LogP contribution in [0, 0.1) is 0 Å². The van der Waals surface area contributed by atoms with Crippen molar-refractivity contribution in [2.75, 3.05) is 7.11 Å². The third kappa shape index (κ3) is 2.48. The van der Waals surface area contributed by atoms with Gasteiger partial charge in [0, 0.05) is 6.07 Å². The molecule has 3 rings (SSSR count). The van der Waals surface area contributed by atoms with E-state index in [1.165, 1.54) is 11.3 Å². The average Bonchev–Trinajstić information content (AvgIpc) is 2.91. The molecule has 0 aliphatic rings. The SMILES string of the molecule is COc1cccc(OC(=O)c2nc3ccccc3s2)c1. The predicted octanol–water partition coefficient (Wildman–Crippen LogP) is 3.52. The Morgan fingerprint density at radius 3 is 2.70 bits per heavy atom. The molecule has 0 unspecified atom stereocenters. The summed E-state index contributed by atoms with van der Waals surface area (Å²) < 4.78 is 11.4. The lowest BCUT2D eigenvalue weighted by Gasteiger charge is -2.04. The van der Waals surface area contributed by atoms with Crippen LogP contribution in [-0.4, -0.2) is 18.1 Å². The van der Waals surface area contributed by atoms with Gasteiger partial charge in [0.1, 0.15) is 11.5 Å². The Kier molecular flexibility index (Phi) is 3.35. The van der Waals surface area contributed by atoms with Crippen LogP contribution in [0.4, 0.5) is 0 Å². The van der Waals surface area contributed by atoms with Crippen LogP contribution in [0.1, 0.15) is 9.80 Å². The predicted molar refractivity (Wildman–Crippen MR) is 77.6 cm³/mol. The molecular weight excluding hydrogens is 274 g/mol. The molecule has 1 aromatic heterocycles. The van der Waals surface area contributed by atoms with Gasteiger partial charge in [-0.1, -0.05) is 18.2 Å². The first kappa shape index (κ1) is 12.6. The molecule has 0 saturated carbocycles. The molecule has 0 spiro atoms. The van der Waals surface area contributed by atoms with E-state index in [2.05, 4.69) is 4.98 Å². The van der Waals surface area contributed by atoms with Gasteiger partial charge in [0.05, 0.1) is 17.3 Å². The number of carbonyl (C=O) groups is 1. The van der Waals surface area contributed by atoms with E-state index in [9.17, 15) is 4.79 Å². The van der Waals surface area contributed by atoms with Crippen molar-refractivity contribution in [3.63, 3.8) is 0 Å². The maximum absolute atomic E-state index is 12.1. The Balaban J connectivity index is 1.85. The number of nitrogens with zero attached hydrogens (tertiary/aromatic N) is 1. The lowest BCUT2D eigenvalue weighted by atomic mass is 10.3. The molecule has 2 aromatic carbocycles. The van der Waals surface area contributed by atoms with Crippen LogP contribution in [0.25, 0.3) is 10.2 Å². The molecule has 0 radical (unpaired) electrons. The first-order valence-corrected chi connectivity index (χ1v) is 6.80. The molecule has 4 nitrogen and oxygen atoms in total. The number of aromatic nitrogens is 1. The van der Waals surface area contributed by atoms with Gasteiger partial charge in [-0.05, 0) is 24.3 Å². The van der Waals surface area contributed by atoms with E-state index in [0.717, 1.165) is 10.2 Å². The highest BCUT2D eigenvalue weighted by Crippen LogP contribution is 2.24. The second-order valence-corrected chi connectivity index (χ2v) is 5.09. The number of ether oxygens (including phenoxy) is 2. The van der Waals surface area contributed by atoms with E-state index in [1.54, 1.807) is 31.4 Å². The smallest absolute Gasteiger partial charge is 0.372 e. The molecule has 100 valence electrons. The zero-order chi connectivity index (χ0) is 13.9. The summed E-state index contributed by atoms with van der Waals surface area (Å²) in [7, 11) is 1.56. The Morgan fingerprint density at radius 1 is 1.10 bits per heavy atom. The molecule has 3 aromatic rings. The third-order valence-electron chi connectivity index (χ3n) is 2.72. The molecule has 1 heterocycles. The summed E-state index contributed by atoms with van der Waals surface area (Å²) >= 11 is 1.32. The number of benzene rings is 2. The second-order valence-electron chi connectivity index (χ2n) is 4.06. The number of fused-ring (bicyclic) bond motifs is 1. The number of methoxy groups -OCH3 is 1. The van der Waals surface area contributed by atoms with Gasteiger partial charge in [-0.15, -0.1) is 11.3 Å². The summed E-state index contributed by atoms with van der Waals surface area (Å²) in [5.74, 6) is 0.618. The van der Waals surface area contributed by atoms with Crippen LogP contribution >= 0.6 is 11.3 Å². The molecule has 5 heteroatoms. The number of para-hydroxylation sites is 1. The highest BCUT2D eigenvalue weighted by atomic mass is 32.1. The van der Waals surface area contributed by atoms with Crippen molar-refractivity contribution in [1.29, 1.82) is 0 Å². The van der Waals surface area contributed by atoms with Gasteiger partial charge in [0.25, 0.3) is 0 Å². The van der Waals surface area contributed by atoms with Crippen molar-refractivity contribution >= 4 is 27.5 Å². The second kappa shape index (κ2) is 5.30. The zero-order valence-electron chi connectivity index (χ0n) is 10.7. The lowest BCUT2D eigenvalue weighted by molar-refractivity contribution is 0.0734. The van der Waals surface area contributed by atoms with Crippen molar-refractivity contribution in [2.24, 2.45) is 0 Å². The number of hydrogen-bond acceptors (Lipinski definition) is 5. The van der Waals surface area contributed by atoms with Crippen molar-refractivity contribution in [1.82, 2.24) is 4.98 Å². The minimum absolute atomic E-state index is 0.342. The van der Waals surface area contributed by atoms with Gasteiger partial charge < -0.3 is 9.47 Å². The van der Waals surface area contributed by atoms with Crippen LogP contribution in [0.15, 0.2) is 48.5 Å². The van der Waals surface area contributed by atoms with E-state index in [-0.39, 0.29) is 0 Å². The maximum atomic E-state index is 12.1. The minimum atomic E-state index is -0.459. The molecule has 0 amide bonds. The molecule has 0 atom stereocenters. The highest BCUT2D eigenvalue weighted by molar-refractivity contribution is 7.20. The number of esters is 1. The van der Waals surface area contributed by atoms with Crippen LogP contribution in [0.3, 0.4) is 0 Å². The van der Waals surface area contributed by atoms with Crippen molar-refractivity contribution in [2.45, 2.75) is 0 Å². The van der Waals surface area contributed by atoms with E-state index >= 15 is 0 Å². The van der Waals surface area contributed by atoms with Crippen LogP contribution < -0.4 is 9.47 Å². The van der Waals surface area contributed by atoms with Gasteiger partial charge in [0.15, 0.2) is 0 Å². The molecule has 0 bridgehead atoms. The van der Waals surface area contributed by atoms with Crippen LogP contribution in [-0.2, 0) is 0 Å². The summed E-state index contributed by atoms with van der Waals surface area (Å²) in [4.78, 5) is 16.3. The number of hydrogen-bond donors (Lipinski definition) is 0. The summed E-state index contributed by atoms with van der Waals surface area (Å²) in [5.41, 5.74) is 0.801. The average molecular weight is 285 g/mol. The van der Waals surface area contributed by atoms with E-state index in [1.807, 2.05) is 24.3 Å². The van der Waals surface area contributed by atoms with Gasteiger partial charge in [-0.2, -0.15) is 0 Å². The molecule has 0 aliphatic carbocycles. The Bertz CT molecular complexity index is 733. The Morgan fingerprint density at radius 2 is 1.90 bits per heavy atom. The quantitative estimate of drug-likeness (QED) is 0.545. The monoisotopic (exact) mass is 285 g/mol. The summed E-state index contributed by atoms with van der Waals surface area (Å²) in [6.45, 7) is 0. The van der Waals surface area contributed by atoms with Gasteiger partial charge >= 0.3 is 5.97 Å². The summed E-state index contributed by atoms with van der Waals surface area (Å²) in [6.07, 6.45) is 0. The largest absolute Gasteiger partial charge is 0.497 e. The molecule has 0 fully saturated rings. The molecule has 0 aliphatic heterocycles. The van der Waals surface area contributed by atoms with Gasteiger partial charge in [0.2, 0.25) is 5.01 Å². The first-order valence-electron chi connectivity index (χ1n) is 5.98. The zero-order valence-corrected chi connectivity index (χ0v) is 11.5. The Labute approximate surface area is 119 Å². The van der Waals surface area contributed by atoms with Crippen molar-refractivity contribution in [3.05, 3.63) is 53.5 Å². The maximum Gasteiger partial charge on any atom is 0.372 e. The standard InChI is InChI=1S/C15H11NO3S/c1-18-10-5-4-6-11(9-10)19-15(17)14-16-12-7-2-3-8-13(12)20-14/h2-9H,1H3. The van der Waals surface area contributed by atoms with Crippen molar-refractivity contribution in [3.8, 4) is 11.5 Å². The fourth-order valence-electron chi connectivity index (χ4n) is 1.77. The summed E-state index contributed by atoms with van der Waals surface area (Å²) in [5, 5.41) is 0.342. The summed E-state index contributed by atoms with van der Waals surface area (Å²) in [6, 6.07) is 14.5. The first-order chi connectivity index (χ1) is 9.76. The normalized spacial score (nSPS) is 10.4. The number of carbonyl (C=O) groups excluding carboxylic acids is 1. The van der Waals surface area contributed by atoms with E-state index < -0.39 is 5.97 Å². The van der Waals surface area contributed by atoms with E-state index in [0.29, 0.717) is 16.5 Å². The van der Waals surface area contributed by atoms with Crippen LogP contribution in [0.2, 0.25) is 0 Å². The topological polar surface area (TPSA) is 48.4 Å². The van der Waals surface area contributed by atoms with Gasteiger partial charge in [-0.25, -0.2) is 9.78 Å². The number of thiazole rings is 1. The molecule has 0 N–H and O–H groups in total. The molecular formula is C15H11NO3S. The molecule has 20 heavy (non-hydrogen) atoms. The molecule has 0 saturated heterocycles. The highest BCUT2D eigenvalue weighted by Gasteiger charge is 2.14.